The van der Waals surface area contributed by atoms with Gasteiger partial charge in [0.15, 0.2) is 0 Å². The van der Waals surface area contributed by atoms with Crippen LogP contribution in [0.4, 0.5) is 0 Å². The van der Waals surface area contributed by atoms with E-state index in [0.717, 1.165) is 31.5 Å². The molecule has 0 bridgehead atoms. The van der Waals surface area contributed by atoms with Crippen LogP contribution < -0.4 is 5.32 Å². The van der Waals surface area contributed by atoms with Crippen molar-refractivity contribution in [1.82, 2.24) is 19.8 Å². The first kappa shape index (κ1) is 24.9. The van der Waals surface area contributed by atoms with Gasteiger partial charge in [-0.15, -0.1) is 0 Å². The Morgan fingerprint density at radius 1 is 1.19 bits per heavy atom. The van der Waals surface area contributed by atoms with Gasteiger partial charge >= 0.3 is 5.97 Å². The highest BCUT2D eigenvalue weighted by Gasteiger charge is 2.38. The molecule has 1 aromatic heterocycles. The van der Waals surface area contributed by atoms with Crippen molar-refractivity contribution in [3.63, 3.8) is 0 Å². The molecule has 0 fully saturated rings. The Morgan fingerprint density at radius 3 is 2.55 bits per heavy atom. The molecule has 174 valence electrons. The van der Waals surface area contributed by atoms with Crippen molar-refractivity contribution in [2.45, 2.75) is 85.4 Å². The van der Waals surface area contributed by atoms with Crippen molar-refractivity contribution < 1.29 is 19.1 Å². The predicted octanol–water partition coefficient (Wildman–Crippen LogP) is 2.91. The number of hydrogen-bond acceptors (Lipinski definition) is 5. The average Bonchev–Trinajstić information content (AvgIpc) is 3.07. The lowest BCUT2D eigenvalue weighted by Gasteiger charge is -2.35. The maximum Gasteiger partial charge on any atom is 0.312 e. The third kappa shape index (κ3) is 7.08. The number of methoxy groups -OCH3 is 1. The summed E-state index contributed by atoms with van der Waals surface area (Å²) in [6, 6.07) is -0.685. The highest BCUT2D eigenvalue weighted by atomic mass is 16.5. The molecule has 0 aliphatic carbocycles. The predicted molar refractivity (Wildman–Crippen MR) is 118 cm³/mol. The molecule has 0 aromatic carbocycles. The number of unbranched alkanes of at least 4 members (excludes halogenated alkanes) is 4. The van der Waals surface area contributed by atoms with Crippen molar-refractivity contribution in [3.8, 4) is 0 Å². The zero-order valence-electron chi connectivity index (χ0n) is 19.6. The van der Waals surface area contributed by atoms with Gasteiger partial charge in [-0.1, -0.05) is 53.4 Å². The van der Waals surface area contributed by atoms with Crippen LogP contribution in [0.2, 0.25) is 0 Å². The van der Waals surface area contributed by atoms with E-state index in [-0.39, 0.29) is 24.3 Å². The number of imidazole rings is 1. The Balaban J connectivity index is 2.12. The lowest BCUT2D eigenvalue weighted by Crippen LogP contribution is -2.55. The highest BCUT2D eigenvalue weighted by Crippen LogP contribution is 2.25. The molecule has 1 N–H and O–H groups in total. The van der Waals surface area contributed by atoms with E-state index in [4.69, 9.17) is 4.74 Å². The monoisotopic (exact) mass is 434 g/mol. The Hall–Kier alpha value is -2.38. The smallest absolute Gasteiger partial charge is 0.312 e. The zero-order valence-corrected chi connectivity index (χ0v) is 19.6. The van der Waals surface area contributed by atoms with E-state index < -0.39 is 17.4 Å². The van der Waals surface area contributed by atoms with Gasteiger partial charge in [0.2, 0.25) is 11.8 Å². The number of amides is 2. The zero-order chi connectivity index (χ0) is 23.0. The molecule has 2 unspecified atom stereocenters. The minimum absolute atomic E-state index is 0.106. The molecule has 8 heteroatoms. The Kier molecular flexibility index (Phi) is 9.07. The van der Waals surface area contributed by atoms with Crippen LogP contribution in [0.25, 0.3) is 0 Å². The first-order chi connectivity index (χ1) is 14.7. The number of nitrogens with zero attached hydrogens (tertiary/aromatic N) is 3. The minimum Gasteiger partial charge on any atom is -0.469 e. The summed E-state index contributed by atoms with van der Waals surface area (Å²) in [6.45, 7) is 8.91. The van der Waals surface area contributed by atoms with Gasteiger partial charge in [-0.2, -0.15) is 0 Å². The molecule has 0 saturated heterocycles. The number of carbonyl (C=O) groups is 3. The van der Waals surface area contributed by atoms with Gasteiger partial charge in [0.05, 0.1) is 19.6 Å². The van der Waals surface area contributed by atoms with Gasteiger partial charge in [-0.3, -0.25) is 14.4 Å². The van der Waals surface area contributed by atoms with Crippen LogP contribution in [-0.4, -0.2) is 51.9 Å². The van der Waals surface area contributed by atoms with Crippen LogP contribution in [0.1, 0.15) is 72.0 Å². The molecule has 2 heterocycles. The van der Waals surface area contributed by atoms with E-state index in [1.165, 1.54) is 13.5 Å². The fraction of sp³-hybridized carbons (Fsp3) is 0.739. The van der Waals surface area contributed by atoms with E-state index in [1.807, 2.05) is 25.3 Å². The first-order valence-corrected chi connectivity index (χ1v) is 11.3. The van der Waals surface area contributed by atoms with Crippen LogP contribution in [0.15, 0.2) is 12.4 Å². The fourth-order valence-corrected chi connectivity index (χ4v) is 3.89. The fourth-order valence-electron chi connectivity index (χ4n) is 3.89. The van der Waals surface area contributed by atoms with Crippen molar-refractivity contribution in [1.29, 1.82) is 0 Å². The Morgan fingerprint density at radius 2 is 1.90 bits per heavy atom. The van der Waals surface area contributed by atoms with Crippen molar-refractivity contribution in [2.24, 2.45) is 11.3 Å². The summed E-state index contributed by atoms with van der Waals surface area (Å²) in [4.78, 5) is 44.4. The number of nitrogens with one attached hydrogen (secondary N) is 1. The van der Waals surface area contributed by atoms with Gasteiger partial charge in [0.1, 0.15) is 11.9 Å². The number of fused-ring (bicyclic) bond motifs is 1. The van der Waals surface area contributed by atoms with E-state index >= 15 is 0 Å². The second kappa shape index (κ2) is 11.3. The molecule has 0 saturated carbocycles. The molecule has 1 aromatic rings. The number of ether oxygens (including phenoxy) is 1. The number of rotatable bonds is 9. The van der Waals surface area contributed by atoms with Crippen LogP contribution >= 0.6 is 0 Å². The summed E-state index contributed by atoms with van der Waals surface area (Å²) >= 11 is 0. The van der Waals surface area contributed by atoms with Gasteiger partial charge in [0, 0.05) is 31.9 Å². The first-order valence-electron chi connectivity index (χ1n) is 11.3. The second-order valence-corrected chi connectivity index (χ2v) is 9.47. The molecule has 8 nitrogen and oxygen atoms in total. The summed E-state index contributed by atoms with van der Waals surface area (Å²) in [7, 11) is 1.35. The summed E-state index contributed by atoms with van der Waals surface area (Å²) in [6.07, 6.45) is 9.19. The molecule has 31 heavy (non-hydrogen) atoms. The second-order valence-electron chi connectivity index (χ2n) is 9.47. The third-order valence-corrected chi connectivity index (χ3v) is 5.76. The van der Waals surface area contributed by atoms with Gasteiger partial charge in [-0.05, 0) is 11.8 Å². The third-order valence-electron chi connectivity index (χ3n) is 5.76. The molecular formula is C23H38N4O4. The van der Waals surface area contributed by atoms with E-state index in [2.05, 4.69) is 17.2 Å². The highest BCUT2D eigenvalue weighted by molar-refractivity contribution is 5.88. The molecule has 1 aliphatic rings. The molecule has 2 amide bonds. The van der Waals surface area contributed by atoms with Crippen LogP contribution in [0.5, 0.6) is 0 Å². The Labute approximate surface area is 185 Å². The number of carbonyl (C=O) groups excluding carboxylic acids is 3. The van der Waals surface area contributed by atoms with Crippen LogP contribution in [0.3, 0.4) is 0 Å². The average molecular weight is 435 g/mol. The largest absolute Gasteiger partial charge is 0.469 e. The standard InChI is InChI=1S/C23H38N4O4/c1-6-7-8-9-10-11-19(28)25-20(23(2,3)4)21(29)27-15-17(22(30)31-5)14-26-13-12-24-18(26)16-27/h12-13,17,20H,6-11,14-16H2,1-5H3,(H,25,28). The molecule has 1 aliphatic heterocycles. The number of esters is 1. The number of hydrogen-bond donors (Lipinski definition) is 1. The molecule has 2 atom stereocenters. The minimum atomic E-state index is -0.685. The molecule has 2 rings (SSSR count). The molecule has 0 spiro atoms. The molecule has 0 radical (unpaired) electrons. The van der Waals surface area contributed by atoms with Crippen LogP contribution in [-0.2, 0) is 32.2 Å². The van der Waals surface area contributed by atoms with Crippen molar-refractivity contribution in [3.05, 3.63) is 18.2 Å². The summed E-state index contributed by atoms with van der Waals surface area (Å²) < 4.78 is 6.83. The maximum atomic E-state index is 13.6. The molecular weight excluding hydrogens is 396 g/mol. The lowest BCUT2D eigenvalue weighted by molar-refractivity contribution is -0.148. The van der Waals surface area contributed by atoms with Gasteiger partial charge in [0.25, 0.3) is 0 Å². The number of aromatic nitrogens is 2. The summed E-state index contributed by atoms with van der Waals surface area (Å²) in [5.41, 5.74) is -0.475. The van der Waals surface area contributed by atoms with Gasteiger partial charge in [-0.25, -0.2) is 4.98 Å². The quantitative estimate of drug-likeness (QED) is 0.476. The van der Waals surface area contributed by atoms with Crippen molar-refractivity contribution >= 4 is 17.8 Å². The Bertz CT molecular complexity index is 753. The lowest BCUT2D eigenvalue weighted by atomic mass is 9.85. The SMILES string of the molecule is CCCCCCCC(=O)NC(C(=O)N1Cc2nccn2CC(C(=O)OC)C1)C(C)(C)C. The summed E-state index contributed by atoms with van der Waals surface area (Å²) in [5.74, 6) is -0.431. The van der Waals surface area contributed by atoms with Crippen molar-refractivity contribution in [2.75, 3.05) is 13.7 Å². The van der Waals surface area contributed by atoms with E-state index in [1.54, 1.807) is 17.3 Å². The topological polar surface area (TPSA) is 93.5 Å². The summed E-state index contributed by atoms with van der Waals surface area (Å²) in [5, 5.41) is 2.97. The maximum absolute atomic E-state index is 13.6. The van der Waals surface area contributed by atoms with E-state index in [0.29, 0.717) is 19.5 Å². The van der Waals surface area contributed by atoms with Gasteiger partial charge < -0.3 is 19.5 Å². The normalized spacial score (nSPS) is 17.5. The van der Waals surface area contributed by atoms with E-state index in [9.17, 15) is 14.4 Å². The van der Waals surface area contributed by atoms with Crippen LogP contribution in [0, 0.1) is 11.3 Å².